The Bertz CT molecular complexity index is 531. The predicted octanol–water partition coefficient (Wildman–Crippen LogP) is 2.23. The molecule has 0 heterocycles. The molecule has 0 saturated carbocycles. The van der Waals surface area contributed by atoms with Crippen molar-refractivity contribution in [3.05, 3.63) is 34.6 Å². The normalized spacial score (nSPS) is 11.0. The van der Waals surface area contributed by atoms with Crippen LogP contribution >= 0.6 is 11.6 Å². The number of hydrogen-bond donors (Lipinski definition) is 1. The number of aliphatic carboxylic acids is 1. The summed E-state index contributed by atoms with van der Waals surface area (Å²) in [5.74, 6) is -1.77. The molecule has 0 bridgehead atoms. The van der Waals surface area contributed by atoms with E-state index in [9.17, 15) is 14.0 Å². The van der Waals surface area contributed by atoms with E-state index in [1.54, 1.807) is 6.07 Å². The molecule has 0 aromatic heterocycles. The van der Waals surface area contributed by atoms with E-state index in [0.717, 1.165) is 0 Å². The Kier molecular flexibility index (Phi) is 6.77. The summed E-state index contributed by atoms with van der Waals surface area (Å²) in [6, 6.07) is 4.25. The molecule has 0 aliphatic rings. The van der Waals surface area contributed by atoms with Crippen molar-refractivity contribution in [2.75, 3.05) is 20.1 Å². The summed E-state index contributed by atoms with van der Waals surface area (Å²) >= 11 is 5.94. The molecule has 5 nitrogen and oxygen atoms in total. The quantitative estimate of drug-likeness (QED) is 0.833. The van der Waals surface area contributed by atoms with Crippen molar-refractivity contribution in [1.29, 1.82) is 0 Å². The maximum absolute atomic E-state index is 13.7. The lowest BCUT2D eigenvalue weighted by Gasteiger charge is -2.27. The number of halogens is 2. The van der Waals surface area contributed by atoms with Crippen molar-refractivity contribution in [3.63, 3.8) is 0 Å². The van der Waals surface area contributed by atoms with Gasteiger partial charge in [0.2, 0.25) is 5.91 Å². The van der Waals surface area contributed by atoms with Gasteiger partial charge in [0.15, 0.2) is 0 Å². The number of carboxylic acids is 1. The van der Waals surface area contributed by atoms with E-state index in [2.05, 4.69) is 0 Å². The van der Waals surface area contributed by atoms with Gasteiger partial charge in [-0.2, -0.15) is 0 Å². The van der Waals surface area contributed by atoms with Crippen LogP contribution in [0.2, 0.25) is 5.02 Å². The summed E-state index contributed by atoms with van der Waals surface area (Å²) in [5.41, 5.74) is 0.245. The maximum atomic E-state index is 13.7. The number of nitrogens with zero attached hydrogens (tertiary/aromatic N) is 2. The van der Waals surface area contributed by atoms with Crippen molar-refractivity contribution in [2.24, 2.45) is 0 Å². The summed E-state index contributed by atoms with van der Waals surface area (Å²) in [4.78, 5) is 25.9. The van der Waals surface area contributed by atoms with Gasteiger partial charge in [0.1, 0.15) is 5.82 Å². The number of carbonyl (C=O) groups is 2. The molecule has 0 aliphatic heterocycles. The Morgan fingerprint density at radius 2 is 1.95 bits per heavy atom. The van der Waals surface area contributed by atoms with Gasteiger partial charge in [0.05, 0.1) is 13.1 Å². The number of hydrogen-bond acceptors (Lipinski definition) is 3. The summed E-state index contributed by atoms with van der Waals surface area (Å²) in [6.07, 6.45) is 0. The van der Waals surface area contributed by atoms with Crippen molar-refractivity contribution in [2.45, 2.75) is 26.4 Å². The fourth-order valence-corrected chi connectivity index (χ4v) is 2.12. The molecule has 0 fully saturated rings. The Hall–Kier alpha value is -1.66. The molecule has 0 radical (unpaired) electrons. The highest BCUT2D eigenvalue weighted by molar-refractivity contribution is 6.31. The lowest BCUT2D eigenvalue weighted by Crippen LogP contribution is -2.43. The van der Waals surface area contributed by atoms with Gasteiger partial charge in [-0.15, -0.1) is 0 Å². The van der Waals surface area contributed by atoms with Gasteiger partial charge >= 0.3 is 5.97 Å². The molecule has 0 atom stereocenters. The van der Waals surface area contributed by atoms with Crippen LogP contribution in [0.25, 0.3) is 0 Å². The van der Waals surface area contributed by atoms with Crippen molar-refractivity contribution < 1.29 is 19.1 Å². The zero-order valence-corrected chi connectivity index (χ0v) is 13.6. The largest absolute Gasteiger partial charge is 0.480 e. The van der Waals surface area contributed by atoms with Gasteiger partial charge in [-0.05, 0) is 26.0 Å². The van der Waals surface area contributed by atoms with E-state index in [1.165, 1.54) is 29.0 Å². The summed E-state index contributed by atoms with van der Waals surface area (Å²) in [6.45, 7) is 3.38. The molecule has 1 rings (SSSR count). The molecule has 7 heteroatoms. The SMILES string of the molecule is CC(C)N(CC(=O)O)CC(=O)N(C)Cc1c(F)cccc1Cl. The molecular formula is C15H20ClFN2O3. The second kappa shape index (κ2) is 8.10. The molecule has 0 spiro atoms. The minimum atomic E-state index is -0.999. The van der Waals surface area contributed by atoms with E-state index in [0.29, 0.717) is 0 Å². The average molecular weight is 331 g/mol. The van der Waals surface area contributed by atoms with E-state index in [1.807, 2.05) is 13.8 Å². The van der Waals surface area contributed by atoms with Crippen LogP contribution in [0.15, 0.2) is 18.2 Å². The first-order valence-electron chi connectivity index (χ1n) is 6.85. The second-order valence-corrected chi connectivity index (χ2v) is 5.75. The topological polar surface area (TPSA) is 60.9 Å². The van der Waals surface area contributed by atoms with Gasteiger partial charge in [0, 0.05) is 30.2 Å². The Labute approximate surface area is 134 Å². The minimum absolute atomic E-state index is 0.0311. The molecule has 1 aromatic rings. The van der Waals surface area contributed by atoms with Gasteiger partial charge in [-0.1, -0.05) is 17.7 Å². The molecule has 1 N–H and O–H groups in total. The van der Waals surface area contributed by atoms with Crippen LogP contribution in [0.4, 0.5) is 4.39 Å². The third-order valence-corrected chi connectivity index (χ3v) is 3.64. The Morgan fingerprint density at radius 1 is 1.32 bits per heavy atom. The third kappa shape index (κ3) is 5.27. The summed E-state index contributed by atoms with van der Waals surface area (Å²) in [5, 5.41) is 9.11. The van der Waals surface area contributed by atoms with Crippen molar-refractivity contribution in [1.82, 2.24) is 9.80 Å². The first-order chi connectivity index (χ1) is 10.2. The maximum Gasteiger partial charge on any atom is 0.317 e. The standard InChI is InChI=1S/C15H20ClFN2O3/c1-10(2)19(9-15(21)22)8-14(20)18(3)7-11-12(16)5-4-6-13(11)17/h4-6,10H,7-9H2,1-3H3,(H,21,22). The summed E-state index contributed by atoms with van der Waals surface area (Å²) in [7, 11) is 1.53. The van der Waals surface area contributed by atoms with Crippen molar-refractivity contribution >= 4 is 23.5 Å². The van der Waals surface area contributed by atoms with E-state index in [4.69, 9.17) is 16.7 Å². The zero-order valence-electron chi connectivity index (χ0n) is 12.8. The van der Waals surface area contributed by atoms with Crippen LogP contribution in [0.3, 0.4) is 0 Å². The lowest BCUT2D eigenvalue weighted by atomic mass is 10.2. The van der Waals surface area contributed by atoms with Crippen LogP contribution in [0, 0.1) is 5.82 Å². The first-order valence-corrected chi connectivity index (χ1v) is 7.22. The predicted molar refractivity (Wildman–Crippen MR) is 82.2 cm³/mol. The summed E-state index contributed by atoms with van der Waals surface area (Å²) < 4.78 is 13.7. The van der Waals surface area contributed by atoms with Crippen LogP contribution in [-0.2, 0) is 16.1 Å². The molecule has 22 heavy (non-hydrogen) atoms. The average Bonchev–Trinajstić information content (AvgIpc) is 2.41. The number of rotatable bonds is 7. The molecule has 0 aliphatic carbocycles. The van der Waals surface area contributed by atoms with Crippen LogP contribution in [0.5, 0.6) is 0 Å². The number of benzene rings is 1. The molecule has 1 aromatic carbocycles. The second-order valence-electron chi connectivity index (χ2n) is 5.34. The van der Waals surface area contributed by atoms with Gasteiger partial charge < -0.3 is 10.0 Å². The van der Waals surface area contributed by atoms with Gasteiger partial charge in [-0.3, -0.25) is 14.5 Å². The number of amides is 1. The van der Waals surface area contributed by atoms with Crippen LogP contribution in [0.1, 0.15) is 19.4 Å². The fraction of sp³-hybridized carbons (Fsp3) is 0.467. The van der Waals surface area contributed by atoms with Crippen molar-refractivity contribution in [3.8, 4) is 0 Å². The highest BCUT2D eigenvalue weighted by Gasteiger charge is 2.20. The highest BCUT2D eigenvalue weighted by atomic mass is 35.5. The zero-order chi connectivity index (χ0) is 16.9. The molecule has 0 saturated heterocycles. The molecule has 1 amide bonds. The monoisotopic (exact) mass is 330 g/mol. The van der Waals surface area contributed by atoms with Gasteiger partial charge in [0.25, 0.3) is 0 Å². The smallest absolute Gasteiger partial charge is 0.317 e. The highest BCUT2D eigenvalue weighted by Crippen LogP contribution is 2.20. The number of carbonyl (C=O) groups excluding carboxylic acids is 1. The molecular weight excluding hydrogens is 311 g/mol. The van der Waals surface area contributed by atoms with E-state index in [-0.39, 0.29) is 42.2 Å². The Morgan fingerprint density at radius 3 is 2.45 bits per heavy atom. The number of likely N-dealkylation sites (N-methyl/N-ethyl adjacent to an activating group) is 1. The first kappa shape index (κ1) is 18.4. The van der Waals surface area contributed by atoms with Crippen LogP contribution in [-0.4, -0.2) is 53.0 Å². The fourth-order valence-electron chi connectivity index (χ4n) is 1.90. The lowest BCUT2D eigenvalue weighted by molar-refractivity contribution is -0.140. The van der Waals surface area contributed by atoms with Gasteiger partial charge in [-0.25, -0.2) is 4.39 Å². The molecule has 122 valence electrons. The molecule has 0 unspecified atom stereocenters. The number of carboxylic acid groups (broad SMARTS) is 1. The van der Waals surface area contributed by atoms with E-state index < -0.39 is 11.8 Å². The van der Waals surface area contributed by atoms with E-state index >= 15 is 0 Å². The Balaban J connectivity index is 2.74. The minimum Gasteiger partial charge on any atom is -0.480 e. The third-order valence-electron chi connectivity index (χ3n) is 3.29. The van der Waals surface area contributed by atoms with Crippen LogP contribution < -0.4 is 0 Å².